The number of hydrogen-bond acceptors (Lipinski definition) is 2. The van der Waals surface area contributed by atoms with E-state index >= 15 is 0 Å². The molecule has 0 radical (unpaired) electrons. The van der Waals surface area contributed by atoms with Gasteiger partial charge >= 0.3 is 6.03 Å². The number of rotatable bonds is 1. The number of aliphatic hydroxyl groups excluding tert-OH is 1. The zero-order valence-corrected chi connectivity index (χ0v) is 8.50. The molecule has 0 aliphatic carbocycles. The van der Waals surface area contributed by atoms with Crippen LogP contribution in [0.4, 0.5) is 4.79 Å². The molecule has 0 bridgehead atoms. The summed E-state index contributed by atoms with van der Waals surface area (Å²) >= 11 is 0. The summed E-state index contributed by atoms with van der Waals surface area (Å²) in [6.45, 7) is 4.99. The molecule has 13 heavy (non-hydrogen) atoms. The first kappa shape index (κ1) is 10.3. The van der Waals surface area contributed by atoms with Crippen LogP contribution in [0.25, 0.3) is 0 Å². The van der Waals surface area contributed by atoms with Crippen molar-refractivity contribution in [2.24, 2.45) is 5.41 Å². The first-order valence-electron chi connectivity index (χ1n) is 4.59. The van der Waals surface area contributed by atoms with E-state index in [9.17, 15) is 4.79 Å². The average molecular weight is 186 g/mol. The summed E-state index contributed by atoms with van der Waals surface area (Å²) in [7, 11) is 1.61. The van der Waals surface area contributed by atoms with Gasteiger partial charge in [0.2, 0.25) is 0 Å². The number of urea groups is 1. The van der Waals surface area contributed by atoms with Gasteiger partial charge in [0.05, 0.1) is 12.6 Å². The molecule has 2 amide bonds. The molecular weight excluding hydrogens is 168 g/mol. The molecule has 0 aromatic heterocycles. The minimum absolute atomic E-state index is 0.0186. The van der Waals surface area contributed by atoms with Crippen LogP contribution in [0, 0.1) is 5.41 Å². The highest BCUT2D eigenvalue weighted by molar-refractivity contribution is 5.74. The monoisotopic (exact) mass is 186 g/mol. The van der Waals surface area contributed by atoms with Crippen molar-refractivity contribution in [1.29, 1.82) is 0 Å². The van der Waals surface area contributed by atoms with E-state index in [0.717, 1.165) is 13.0 Å². The fraction of sp³-hybridized carbons (Fsp3) is 0.889. The Kier molecular flexibility index (Phi) is 2.81. The molecule has 76 valence electrons. The molecule has 4 heteroatoms. The smallest absolute Gasteiger partial charge is 0.317 e. The van der Waals surface area contributed by atoms with Gasteiger partial charge in [-0.3, -0.25) is 0 Å². The Morgan fingerprint density at radius 1 is 1.69 bits per heavy atom. The summed E-state index contributed by atoms with van der Waals surface area (Å²) in [5, 5.41) is 11.7. The lowest BCUT2D eigenvalue weighted by Crippen LogP contribution is -2.43. The number of carbonyl (C=O) groups is 1. The van der Waals surface area contributed by atoms with Gasteiger partial charge in [-0.2, -0.15) is 0 Å². The van der Waals surface area contributed by atoms with Crippen LogP contribution in [-0.4, -0.2) is 42.3 Å². The van der Waals surface area contributed by atoms with Crippen molar-refractivity contribution in [1.82, 2.24) is 10.2 Å². The molecule has 0 spiro atoms. The lowest BCUT2D eigenvalue weighted by molar-refractivity contribution is 0.158. The van der Waals surface area contributed by atoms with Crippen LogP contribution >= 0.6 is 0 Å². The van der Waals surface area contributed by atoms with E-state index in [2.05, 4.69) is 19.2 Å². The van der Waals surface area contributed by atoms with Crippen molar-refractivity contribution in [3.8, 4) is 0 Å². The summed E-state index contributed by atoms with van der Waals surface area (Å²) in [6.07, 6.45) is 0.872. The largest absolute Gasteiger partial charge is 0.394 e. The highest BCUT2D eigenvalue weighted by Crippen LogP contribution is 2.33. The van der Waals surface area contributed by atoms with Crippen molar-refractivity contribution in [3.63, 3.8) is 0 Å². The van der Waals surface area contributed by atoms with Crippen LogP contribution < -0.4 is 5.32 Å². The first-order valence-corrected chi connectivity index (χ1v) is 4.59. The quantitative estimate of drug-likeness (QED) is 0.623. The number of carbonyl (C=O) groups excluding carboxylic acids is 1. The molecule has 1 aliphatic rings. The normalized spacial score (nSPS) is 26.2. The average Bonchev–Trinajstić information content (AvgIpc) is 2.39. The molecule has 0 aromatic carbocycles. The Hall–Kier alpha value is -0.770. The summed E-state index contributed by atoms with van der Waals surface area (Å²) in [5.41, 5.74) is 0.125. The number of hydrogen-bond donors (Lipinski definition) is 2. The third kappa shape index (κ3) is 2.12. The van der Waals surface area contributed by atoms with Gasteiger partial charge in [0.25, 0.3) is 0 Å². The van der Waals surface area contributed by atoms with E-state index in [0.29, 0.717) is 0 Å². The molecule has 1 heterocycles. The van der Waals surface area contributed by atoms with E-state index in [-0.39, 0.29) is 24.1 Å². The fourth-order valence-electron chi connectivity index (χ4n) is 1.95. The molecule has 1 aliphatic heterocycles. The van der Waals surface area contributed by atoms with E-state index in [4.69, 9.17) is 5.11 Å². The van der Waals surface area contributed by atoms with Crippen molar-refractivity contribution in [2.45, 2.75) is 26.3 Å². The van der Waals surface area contributed by atoms with Gasteiger partial charge < -0.3 is 15.3 Å². The summed E-state index contributed by atoms with van der Waals surface area (Å²) < 4.78 is 0. The van der Waals surface area contributed by atoms with Crippen LogP contribution in [0.15, 0.2) is 0 Å². The number of nitrogens with zero attached hydrogens (tertiary/aromatic N) is 1. The summed E-state index contributed by atoms with van der Waals surface area (Å²) in [6, 6.07) is -0.112. The molecule has 1 fully saturated rings. The van der Waals surface area contributed by atoms with Crippen LogP contribution in [0.5, 0.6) is 0 Å². The minimum Gasteiger partial charge on any atom is -0.394 e. The summed E-state index contributed by atoms with van der Waals surface area (Å²) in [5.74, 6) is 0. The van der Waals surface area contributed by atoms with Crippen LogP contribution in [0.1, 0.15) is 20.3 Å². The minimum atomic E-state index is -0.0929. The molecular formula is C9H18N2O2. The van der Waals surface area contributed by atoms with Crippen molar-refractivity contribution in [3.05, 3.63) is 0 Å². The second-order valence-corrected chi connectivity index (χ2v) is 4.39. The van der Waals surface area contributed by atoms with Gasteiger partial charge in [0, 0.05) is 13.6 Å². The third-order valence-electron chi connectivity index (χ3n) is 2.51. The van der Waals surface area contributed by atoms with Crippen LogP contribution in [0.2, 0.25) is 0 Å². The zero-order chi connectivity index (χ0) is 10.1. The molecule has 1 unspecified atom stereocenters. The predicted molar refractivity (Wildman–Crippen MR) is 50.4 cm³/mol. The van der Waals surface area contributed by atoms with Gasteiger partial charge in [-0.05, 0) is 11.8 Å². The second-order valence-electron chi connectivity index (χ2n) is 4.39. The molecule has 1 atom stereocenters. The Bertz CT molecular complexity index is 204. The lowest BCUT2D eigenvalue weighted by atomic mass is 9.91. The second kappa shape index (κ2) is 3.54. The van der Waals surface area contributed by atoms with Gasteiger partial charge in [0.15, 0.2) is 0 Å². The topological polar surface area (TPSA) is 52.6 Å². The van der Waals surface area contributed by atoms with E-state index in [1.165, 1.54) is 0 Å². The predicted octanol–water partition coefficient (Wildman–Crippen LogP) is 0.419. The number of aliphatic hydroxyl groups is 1. The highest BCUT2D eigenvalue weighted by atomic mass is 16.3. The lowest BCUT2D eigenvalue weighted by Gasteiger charge is -2.22. The highest BCUT2D eigenvalue weighted by Gasteiger charge is 2.39. The fourth-order valence-corrected chi connectivity index (χ4v) is 1.95. The molecule has 4 nitrogen and oxygen atoms in total. The van der Waals surface area contributed by atoms with Crippen LogP contribution in [0.3, 0.4) is 0 Å². The number of nitrogens with one attached hydrogen (secondary N) is 1. The third-order valence-corrected chi connectivity index (χ3v) is 2.51. The van der Waals surface area contributed by atoms with Gasteiger partial charge in [0.1, 0.15) is 0 Å². The SMILES string of the molecule is CNC(=O)N1CC(C)(C)CC1CO. The Balaban J connectivity index is 2.69. The molecule has 2 N–H and O–H groups in total. The van der Waals surface area contributed by atoms with Gasteiger partial charge in [-0.1, -0.05) is 13.8 Å². The molecule has 1 saturated heterocycles. The maximum atomic E-state index is 11.4. The Morgan fingerprint density at radius 3 is 2.77 bits per heavy atom. The maximum absolute atomic E-state index is 11.4. The Labute approximate surface area is 78.9 Å². The zero-order valence-electron chi connectivity index (χ0n) is 8.50. The maximum Gasteiger partial charge on any atom is 0.317 e. The standard InChI is InChI=1S/C9H18N2O2/c1-9(2)4-7(5-12)11(6-9)8(13)10-3/h7,12H,4-6H2,1-3H3,(H,10,13). The van der Waals surface area contributed by atoms with Crippen molar-refractivity contribution in [2.75, 3.05) is 20.2 Å². The molecule has 0 saturated carbocycles. The van der Waals surface area contributed by atoms with Crippen molar-refractivity contribution >= 4 is 6.03 Å². The van der Waals surface area contributed by atoms with E-state index in [1.807, 2.05) is 0 Å². The van der Waals surface area contributed by atoms with Crippen LogP contribution in [-0.2, 0) is 0 Å². The molecule has 0 aromatic rings. The number of likely N-dealkylation sites (tertiary alicyclic amines) is 1. The van der Waals surface area contributed by atoms with Gasteiger partial charge in [-0.15, -0.1) is 0 Å². The number of amides is 2. The Morgan fingerprint density at radius 2 is 2.31 bits per heavy atom. The van der Waals surface area contributed by atoms with E-state index in [1.54, 1.807) is 11.9 Å². The van der Waals surface area contributed by atoms with Crippen molar-refractivity contribution < 1.29 is 9.90 Å². The van der Waals surface area contributed by atoms with Gasteiger partial charge in [-0.25, -0.2) is 4.79 Å². The molecule has 1 rings (SSSR count). The van der Waals surface area contributed by atoms with E-state index < -0.39 is 0 Å². The summed E-state index contributed by atoms with van der Waals surface area (Å²) in [4.78, 5) is 13.1. The first-order chi connectivity index (χ1) is 6.00.